The van der Waals surface area contributed by atoms with Crippen molar-refractivity contribution >= 4 is 16.9 Å². The van der Waals surface area contributed by atoms with Gasteiger partial charge in [0.2, 0.25) is 11.6 Å². The molecule has 0 fully saturated rings. The molecular formula is C14H11N3O3. The highest BCUT2D eigenvalue weighted by atomic mass is 16.6. The molecule has 1 aromatic carbocycles. The molecule has 0 unspecified atom stereocenters. The van der Waals surface area contributed by atoms with Crippen LogP contribution in [0.15, 0.2) is 34.9 Å². The molecule has 20 heavy (non-hydrogen) atoms. The first kappa shape index (κ1) is 12.3. The molecule has 0 radical (unpaired) electrons. The van der Waals surface area contributed by atoms with Crippen LogP contribution in [0.1, 0.15) is 11.1 Å². The third-order valence-electron chi connectivity index (χ3n) is 3.04. The van der Waals surface area contributed by atoms with Gasteiger partial charge in [0.05, 0.1) is 4.92 Å². The molecule has 2 aromatic heterocycles. The fourth-order valence-corrected chi connectivity index (χ4v) is 1.99. The van der Waals surface area contributed by atoms with E-state index in [2.05, 4.69) is 9.97 Å². The summed E-state index contributed by atoms with van der Waals surface area (Å²) >= 11 is 0. The van der Waals surface area contributed by atoms with Crippen molar-refractivity contribution in [3.8, 4) is 11.5 Å². The molecule has 0 N–H and O–H groups in total. The minimum Gasteiger partial charge on any atom is -0.418 e. The lowest BCUT2D eigenvalue weighted by Crippen LogP contribution is -1.92. The Kier molecular flexibility index (Phi) is 2.71. The molecule has 0 bridgehead atoms. The van der Waals surface area contributed by atoms with Crippen molar-refractivity contribution in [1.29, 1.82) is 0 Å². The van der Waals surface area contributed by atoms with Crippen LogP contribution >= 0.6 is 0 Å². The van der Waals surface area contributed by atoms with Crippen LogP contribution in [0.25, 0.3) is 22.7 Å². The van der Waals surface area contributed by atoms with Gasteiger partial charge in [-0.1, -0.05) is 6.07 Å². The van der Waals surface area contributed by atoms with E-state index in [1.54, 1.807) is 25.3 Å². The van der Waals surface area contributed by atoms with Crippen LogP contribution in [0.3, 0.4) is 0 Å². The topological polar surface area (TPSA) is 82.1 Å². The Hall–Kier alpha value is -2.76. The zero-order valence-corrected chi connectivity index (χ0v) is 11.0. The van der Waals surface area contributed by atoms with Crippen LogP contribution in [0.2, 0.25) is 0 Å². The maximum atomic E-state index is 11.0. The maximum Gasteiger partial charge on any atom is 0.273 e. The highest BCUT2D eigenvalue weighted by Crippen LogP contribution is 2.28. The Morgan fingerprint density at radius 1 is 1.25 bits per heavy atom. The molecular weight excluding hydrogens is 258 g/mol. The fraction of sp³-hybridized carbons (Fsp3) is 0.143. The average molecular weight is 269 g/mol. The fourth-order valence-electron chi connectivity index (χ4n) is 1.99. The van der Waals surface area contributed by atoms with E-state index in [1.165, 1.54) is 6.07 Å². The van der Waals surface area contributed by atoms with Crippen molar-refractivity contribution in [1.82, 2.24) is 9.97 Å². The number of nitrogens with zero attached hydrogens (tertiary/aromatic N) is 3. The van der Waals surface area contributed by atoms with E-state index < -0.39 is 4.92 Å². The molecule has 3 aromatic rings. The van der Waals surface area contributed by atoms with Gasteiger partial charge in [0.1, 0.15) is 5.52 Å². The van der Waals surface area contributed by atoms with Gasteiger partial charge in [0.15, 0.2) is 0 Å². The van der Waals surface area contributed by atoms with Crippen molar-refractivity contribution < 1.29 is 9.34 Å². The summed E-state index contributed by atoms with van der Waals surface area (Å²) in [4.78, 5) is 19.0. The van der Waals surface area contributed by atoms with Gasteiger partial charge in [-0.2, -0.15) is 0 Å². The van der Waals surface area contributed by atoms with Gasteiger partial charge in [0, 0.05) is 23.4 Å². The van der Waals surface area contributed by atoms with Crippen molar-refractivity contribution in [2.24, 2.45) is 0 Å². The molecule has 2 heterocycles. The zero-order chi connectivity index (χ0) is 14.3. The predicted molar refractivity (Wildman–Crippen MR) is 73.4 cm³/mol. The summed E-state index contributed by atoms with van der Waals surface area (Å²) < 4.78 is 5.54. The highest BCUT2D eigenvalue weighted by molar-refractivity contribution is 5.73. The van der Waals surface area contributed by atoms with Gasteiger partial charge in [-0.15, -0.1) is 0 Å². The summed E-state index contributed by atoms with van der Waals surface area (Å²) in [5, 5.41) is 11.0. The summed E-state index contributed by atoms with van der Waals surface area (Å²) in [6.07, 6.45) is 1.69. The average Bonchev–Trinajstić information content (AvgIpc) is 2.81. The molecule has 3 rings (SSSR count). The van der Waals surface area contributed by atoms with Crippen LogP contribution in [-0.2, 0) is 0 Å². The lowest BCUT2D eigenvalue weighted by molar-refractivity contribution is -0.385. The minimum absolute atomic E-state index is 0.0499. The molecule has 6 nitrogen and oxygen atoms in total. The number of aromatic nitrogens is 2. The molecule has 6 heteroatoms. The molecule has 100 valence electrons. The van der Waals surface area contributed by atoms with Crippen LogP contribution in [0, 0.1) is 24.0 Å². The second kappa shape index (κ2) is 4.41. The van der Waals surface area contributed by atoms with Crippen LogP contribution in [0.5, 0.6) is 0 Å². The van der Waals surface area contributed by atoms with Gasteiger partial charge < -0.3 is 4.42 Å². The van der Waals surface area contributed by atoms with Crippen LogP contribution in [0.4, 0.5) is 5.69 Å². The third kappa shape index (κ3) is 2.01. The molecule has 0 saturated carbocycles. The Labute approximate surface area is 114 Å². The van der Waals surface area contributed by atoms with Crippen molar-refractivity contribution in [2.45, 2.75) is 13.8 Å². The van der Waals surface area contributed by atoms with E-state index in [-0.39, 0.29) is 5.69 Å². The maximum absolute atomic E-state index is 11.0. The quantitative estimate of drug-likeness (QED) is 0.526. The number of nitro benzene ring substituents is 1. The van der Waals surface area contributed by atoms with Crippen LogP contribution < -0.4 is 0 Å². The second-order valence-corrected chi connectivity index (χ2v) is 4.61. The largest absolute Gasteiger partial charge is 0.418 e. The predicted octanol–water partition coefficient (Wildman–Crippen LogP) is 3.41. The molecule has 0 amide bonds. The molecule has 0 aliphatic carbocycles. The van der Waals surface area contributed by atoms with Gasteiger partial charge in [-0.3, -0.25) is 10.1 Å². The number of hydrogen-bond donors (Lipinski definition) is 0. The van der Waals surface area contributed by atoms with E-state index in [1.807, 2.05) is 13.0 Å². The van der Waals surface area contributed by atoms with Gasteiger partial charge in [-0.05, 0) is 31.5 Å². The van der Waals surface area contributed by atoms with E-state index in [9.17, 15) is 10.1 Å². The smallest absolute Gasteiger partial charge is 0.273 e. The number of hydrogen-bond acceptors (Lipinski definition) is 5. The number of pyridine rings is 1. The monoisotopic (exact) mass is 269 g/mol. The lowest BCUT2D eigenvalue weighted by Gasteiger charge is -1.99. The van der Waals surface area contributed by atoms with Gasteiger partial charge >= 0.3 is 0 Å². The summed E-state index contributed by atoms with van der Waals surface area (Å²) in [5.41, 5.74) is 3.26. The first-order valence-corrected chi connectivity index (χ1v) is 6.03. The van der Waals surface area contributed by atoms with Crippen molar-refractivity contribution in [3.05, 3.63) is 51.7 Å². The van der Waals surface area contributed by atoms with E-state index >= 15 is 0 Å². The third-order valence-corrected chi connectivity index (χ3v) is 3.04. The van der Waals surface area contributed by atoms with E-state index in [0.29, 0.717) is 28.2 Å². The van der Waals surface area contributed by atoms with E-state index in [4.69, 9.17) is 4.42 Å². The first-order chi connectivity index (χ1) is 9.54. The molecule has 0 saturated heterocycles. The van der Waals surface area contributed by atoms with Gasteiger partial charge in [0.25, 0.3) is 5.69 Å². The highest BCUT2D eigenvalue weighted by Gasteiger charge is 2.15. The minimum atomic E-state index is -0.413. The number of fused-ring (bicyclic) bond motifs is 1. The second-order valence-electron chi connectivity index (χ2n) is 4.61. The Balaban J connectivity index is 2.15. The molecule has 0 spiro atoms. The van der Waals surface area contributed by atoms with Crippen LogP contribution in [-0.4, -0.2) is 14.9 Å². The normalized spacial score (nSPS) is 10.9. The Morgan fingerprint density at radius 2 is 2.05 bits per heavy atom. The Morgan fingerprint density at radius 3 is 2.80 bits per heavy atom. The summed E-state index contributed by atoms with van der Waals surface area (Å²) in [5.74, 6) is 0.334. The van der Waals surface area contributed by atoms with E-state index in [0.717, 1.165) is 5.56 Å². The molecule has 0 aliphatic rings. The summed E-state index contributed by atoms with van der Waals surface area (Å²) in [6, 6.07) is 6.76. The first-order valence-electron chi connectivity index (χ1n) is 6.03. The molecule has 0 atom stereocenters. The Bertz CT molecular complexity index is 824. The standard InChI is InChI=1S/C14H11N3O3/c1-8-5-11-14(15-7-8)20-13(16-11)10-4-3-9(2)12(6-10)17(18)19/h3-7H,1-2H3. The molecule has 0 aliphatic heterocycles. The lowest BCUT2D eigenvalue weighted by atomic mass is 10.1. The summed E-state index contributed by atoms with van der Waals surface area (Å²) in [7, 11) is 0. The zero-order valence-electron chi connectivity index (χ0n) is 11.0. The number of aryl methyl sites for hydroxylation is 2. The van der Waals surface area contributed by atoms with Gasteiger partial charge in [-0.25, -0.2) is 9.97 Å². The number of nitro groups is 1. The van der Waals surface area contributed by atoms with Crippen molar-refractivity contribution in [3.63, 3.8) is 0 Å². The number of benzene rings is 1. The summed E-state index contributed by atoms with van der Waals surface area (Å²) in [6.45, 7) is 3.61. The SMILES string of the molecule is Cc1cnc2oc(-c3ccc(C)c([N+](=O)[O-])c3)nc2c1. The number of rotatable bonds is 2. The number of oxazole rings is 1. The van der Waals surface area contributed by atoms with Crippen molar-refractivity contribution in [2.75, 3.05) is 0 Å².